The number of nitrogens with one attached hydrogen (secondary N) is 1. The number of carbonyl (C=O) groups excluding carboxylic acids is 1. The Morgan fingerprint density at radius 1 is 1.23 bits per heavy atom. The van der Waals surface area contributed by atoms with Gasteiger partial charge in [-0.05, 0) is 68.5 Å². The fraction of sp³-hybridized carbons (Fsp3) is 0.375. The lowest BCUT2D eigenvalue weighted by Crippen LogP contribution is -2.36. The molecule has 0 radical (unpaired) electrons. The number of hydrogen-bond donors (Lipinski definition) is 1. The molecular weight excluding hydrogens is 408 g/mol. The zero-order chi connectivity index (χ0) is 21.8. The Morgan fingerprint density at radius 2 is 2.00 bits per heavy atom. The first-order chi connectivity index (χ1) is 15.1. The molecule has 0 saturated carbocycles. The van der Waals surface area contributed by atoms with Gasteiger partial charge in [0, 0.05) is 12.1 Å². The van der Waals surface area contributed by atoms with Crippen LogP contribution < -0.4 is 10.1 Å². The van der Waals surface area contributed by atoms with Gasteiger partial charge in [0.05, 0.1) is 18.4 Å². The second kappa shape index (κ2) is 9.56. The van der Waals surface area contributed by atoms with Gasteiger partial charge in [-0.3, -0.25) is 4.79 Å². The van der Waals surface area contributed by atoms with Crippen molar-refractivity contribution in [2.45, 2.75) is 56.1 Å². The molecular formula is C24H28N4O2S. The predicted molar refractivity (Wildman–Crippen MR) is 123 cm³/mol. The van der Waals surface area contributed by atoms with Crippen LogP contribution in [0.1, 0.15) is 43.9 Å². The molecule has 1 aliphatic rings. The molecule has 0 aliphatic heterocycles. The number of fused-ring (bicyclic) bond motifs is 1. The summed E-state index contributed by atoms with van der Waals surface area (Å²) in [5, 5.41) is 12.5. The third kappa shape index (κ3) is 4.61. The number of ether oxygens (including phenoxy) is 1. The van der Waals surface area contributed by atoms with Gasteiger partial charge in [-0.1, -0.05) is 36.0 Å². The van der Waals surface area contributed by atoms with E-state index in [-0.39, 0.29) is 17.2 Å². The number of amides is 1. The average molecular weight is 437 g/mol. The predicted octanol–water partition coefficient (Wildman–Crippen LogP) is 4.65. The number of carbonyl (C=O) groups is 1. The number of nitrogens with zero attached hydrogens (tertiary/aromatic N) is 3. The van der Waals surface area contributed by atoms with Crippen LogP contribution in [-0.2, 0) is 17.8 Å². The summed E-state index contributed by atoms with van der Waals surface area (Å²) >= 11 is 1.45. The summed E-state index contributed by atoms with van der Waals surface area (Å²) in [5.74, 6) is 1.63. The van der Waals surface area contributed by atoms with E-state index in [0.717, 1.165) is 48.1 Å². The standard InChI is InChI=1S/C24H28N4O2S/c1-4-28-22(18-12-14-19(30-3)15-13-18)26-27-24(28)31-16(2)23(29)25-21-11-7-9-17-8-5-6-10-20(17)21/h5-6,8,10,12-16,21H,4,7,9,11H2,1-3H3,(H,25,29). The minimum atomic E-state index is -0.271. The molecule has 1 heterocycles. The Balaban J connectivity index is 1.46. The molecule has 2 aromatic carbocycles. The molecule has 0 bridgehead atoms. The highest BCUT2D eigenvalue weighted by molar-refractivity contribution is 8.00. The normalized spacial score (nSPS) is 16.4. The van der Waals surface area contributed by atoms with Crippen molar-refractivity contribution in [3.8, 4) is 17.1 Å². The fourth-order valence-corrected chi connectivity index (χ4v) is 4.94. The van der Waals surface area contributed by atoms with Crippen molar-refractivity contribution in [2.24, 2.45) is 0 Å². The minimum Gasteiger partial charge on any atom is -0.497 e. The van der Waals surface area contributed by atoms with Gasteiger partial charge in [0.1, 0.15) is 5.75 Å². The van der Waals surface area contributed by atoms with Gasteiger partial charge in [0.2, 0.25) is 5.91 Å². The molecule has 1 amide bonds. The lowest BCUT2D eigenvalue weighted by atomic mass is 9.88. The minimum absolute atomic E-state index is 0.0309. The molecule has 31 heavy (non-hydrogen) atoms. The van der Waals surface area contributed by atoms with Crippen LogP contribution in [0.25, 0.3) is 11.4 Å². The van der Waals surface area contributed by atoms with Crippen LogP contribution in [-0.4, -0.2) is 33.0 Å². The van der Waals surface area contributed by atoms with E-state index in [4.69, 9.17) is 4.74 Å². The van der Waals surface area contributed by atoms with E-state index in [9.17, 15) is 4.79 Å². The number of benzene rings is 2. The SMILES string of the molecule is CCn1c(SC(C)C(=O)NC2CCCc3ccccc32)nnc1-c1ccc(OC)cc1. The number of rotatable bonds is 7. The van der Waals surface area contributed by atoms with Crippen LogP contribution in [0.5, 0.6) is 5.75 Å². The third-order valence-electron chi connectivity index (χ3n) is 5.72. The molecule has 0 fully saturated rings. The number of thioether (sulfide) groups is 1. The molecule has 1 aromatic heterocycles. The van der Waals surface area contributed by atoms with E-state index in [1.165, 1.54) is 22.9 Å². The van der Waals surface area contributed by atoms with E-state index >= 15 is 0 Å². The summed E-state index contributed by atoms with van der Waals surface area (Å²) in [5.41, 5.74) is 3.56. The number of aryl methyl sites for hydroxylation is 1. The van der Waals surface area contributed by atoms with Crippen molar-refractivity contribution < 1.29 is 9.53 Å². The van der Waals surface area contributed by atoms with E-state index in [1.807, 2.05) is 41.8 Å². The topological polar surface area (TPSA) is 69.0 Å². The van der Waals surface area contributed by atoms with Gasteiger partial charge in [-0.2, -0.15) is 0 Å². The number of aromatic nitrogens is 3. The van der Waals surface area contributed by atoms with Gasteiger partial charge in [0.15, 0.2) is 11.0 Å². The Hall–Kier alpha value is -2.80. The lowest BCUT2D eigenvalue weighted by molar-refractivity contribution is -0.121. The van der Waals surface area contributed by atoms with Crippen LogP contribution in [0, 0.1) is 0 Å². The average Bonchev–Trinajstić information content (AvgIpc) is 3.21. The monoisotopic (exact) mass is 436 g/mol. The molecule has 4 rings (SSSR count). The summed E-state index contributed by atoms with van der Waals surface area (Å²) < 4.78 is 7.29. The highest BCUT2D eigenvalue weighted by Crippen LogP contribution is 2.31. The maximum absolute atomic E-state index is 13.0. The molecule has 6 nitrogen and oxygen atoms in total. The number of hydrogen-bond acceptors (Lipinski definition) is 5. The zero-order valence-corrected chi connectivity index (χ0v) is 19.0. The van der Waals surface area contributed by atoms with E-state index in [1.54, 1.807) is 7.11 Å². The second-order valence-electron chi connectivity index (χ2n) is 7.69. The first-order valence-electron chi connectivity index (χ1n) is 10.7. The first-order valence-corrected chi connectivity index (χ1v) is 11.6. The van der Waals surface area contributed by atoms with Gasteiger partial charge in [0.25, 0.3) is 0 Å². The Labute approximate surface area is 187 Å². The van der Waals surface area contributed by atoms with Crippen molar-refractivity contribution in [3.05, 3.63) is 59.7 Å². The van der Waals surface area contributed by atoms with E-state index in [2.05, 4.69) is 40.6 Å². The smallest absolute Gasteiger partial charge is 0.233 e. The molecule has 162 valence electrons. The summed E-state index contributed by atoms with van der Waals surface area (Å²) in [6, 6.07) is 16.3. The third-order valence-corrected chi connectivity index (χ3v) is 6.80. The second-order valence-corrected chi connectivity index (χ2v) is 9.00. The highest BCUT2D eigenvalue weighted by Gasteiger charge is 2.25. The lowest BCUT2D eigenvalue weighted by Gasteiger charge is -2.27. The quantitative estimate of drug-likeness (QED) is 0.546. The van der Waals surface area contributed by atoms with Crippen LogP contribution >= 0.6 is 11.8 Å². The molecule has 3 aromatic rings. The Bertz CT molecular complexity index is 1050. The summed E-state index contributed by atoms with van der Waals surface area (Å²) in [7, 11) is 1.65. The Kier molecular flexibility index (Phi) is 6.61. The molecule has 0 spiro atoms. The highest BCUT2D eigenvalue weighted by atomic mass is 32.2. The van der Waals surface area contributed by atoms with Crippen molar-refractivity contribution in [2.75, 3.05) is 7.11 Å². The van der Waals surface area contributed by atoms with Crippen LogP contribution in [0.3, 0.4) is 0 Å². The largest absolute Gasteiger partial charge is 0.497 e. The maximum Gasteiger partial charge on any atom is 0.233 e. The summed E-state index contributed by atoms with van der Waals surface area (Å²) in [4.78, 5) is 13.0. The molecule has 2 unspecified atom stereocenters. The zero-order valence-electron chi connectivity index (χ0n) is 18.2. The van der Waals surface area contributed by atoms with Gasteiger partial charge in [-0.25, -0.2) is 0 Å². The van der Waals surface area contributed by atoms with E-state index in [0.29, 0.717) is 0 Å². The molecule has 1 aliphatic carbocycles. The van der Waals surface area contributed by atoms with Crippen molar-refractivity contribution in [3.63, 3.8) is 0 Å². The fourth-order valence-electron chi connectivity index (χ4n) is 4.02. The summed E-state index contributed by atoms with van der Waals surface area (Å²) in [6.45, 7) is 4.71. The van der Waals surface area contributed by atoms with Gasteiger partial charge < -0.3 is 14.6 Å². The van der Waals surface area contributed by atoms with Gasteiger partial charge in [-0.15, -0.1) is 10.2 Å². The maximum atomic E-state index is 13.0. The van der Waals surface area contributed by atoms with Crippen molar-refractivity contribution >= 4 is 17.7 Å². The first kappa shape index (κ1) is 21.4. The van der Waals surface area contributed by atoms with E-state index < -0.39 is 0 Å². The van der Waals surface area contributed by atoms with Crippen LogP contribution in [0.2, 0.25) is 0 Å². The number of methoxy groups -OCH3 is 1. The molecule has 0 saturated heterocycles. The summed E-state index contributed by atoms with van der Waals surface area (Å²) in [6.07, 6.45) is 3.16. The Morgan fingerprint density at radius 3 is 2.74 bits per heavy atom. The molecule has 1 N–H and O–H groups in total. The van der Waals surface area contributed by atoms with Crippen molar-refractivity contribution in [1.82, 2.24) is 20.1 Å². The van der Waals surface area contributed by atoms with Gasteiger partial charge >= 0.3 is 0 Å². The van der Waals surface area contributed by atoms with Crippen LogP contribution in [0.4, 0.5) is 0 Å². The van der Waals surface area contributed by atoms with Crippen LogP contribution in [0.15, 0.2) is 53.7 Å². The van der Waals surface area contributed by atoms with Crippen molar-refractivity contribution in [1.29, 1.82) is 0 Å². The molecule has 7 heteroatoms. The molecule has 2 atom stereocenters.